The van der Waals surface area contributed by atoms with Crippen molar-refractivity contribution in [2.24, 2.45) is 0 Å². The van der Waals surface area contributed by atoms with Gasteiger partial charge in [-0.2, -0.15) is 0 Å². The van der Waals surface area contributed by atoms with Gasteiger partial charge in [0.15, 0.2) is 6.10 Å². The molecule has 3 aromatic rings. The largest absolute Gasteiger partial charge is 0.449 e. The van der Waals surface area contributed by atoms with Crippen molar-refractivity contribution >= 4 is 29.2 Å². The van der Waals surface area contributed by atoms with Gasteiger partial charge in [-0.25, -0.2) is 9.78 Å². The summed E-state index contributed by atoms with van der Waals surface area (Å²) in [6.45, 7) is 7.06. The van der Waals surface area contributed by atoms with Crippen molar-refractivity contribution in [1.29, 1.82) is 0 Å². The summed E-state index contributed by atoms with van der Waals surface area (Å²) in [7, 11) is 0. The minimum Gasteiger partial charge on any atom is -0.449 e. The number of H-pyrrole nitrogens is 1. The van der Waals surface area contributed by atoms with E-state index >= 15 is 0 Å². The van der Waals surface area contributed by atoms with Crippen LogP contribution in [0.1, 0.15) is 42.0 Å². The molecule has 0 aliphatic rings. The fraction of sp³-hybridized carbons (Fsp3) is 0.250. The number of benzene rings is 2. The van der Waals surface area contributed by atoms with Crippen molar-refractivity contribution < 1.29 is 19.1 Å². The Hall–Kier alpha value is -3.94. The molecule has 0 aliphatic carbocycles. The van der Waals surface area contributed by atoms with Gasteiger partial charge in [0.2, 0.25) is 5.91 Å². The zero-order valence-corrected chi connectivity index (χ0v) is 18.5. The van der Waals surface area contributed by atoms with Crippen LogP contribution in [-0.2, 0) is 14.3 Å². The van der Waals surface area contributed by atoms with E-state index in [1.165, 1.54) is 6.92 Å². The van der Waals surface area contributed by atoms with E-state index in [0.717, 1.165) is 22.8 Å². The van der Waals surface area contributed by atoms with Crippen LogP contribution in [0.4, 0.5) is 11.4 Å². The fourth-order valence-corrected chi connectivity index (χ4v) is 3.03. The lowest BCUT2D eigenvalue weighted by Crippen LogP contribution is -2.32. The highest BCUT2D eigenvalue weighted by atomic mass is 16.5. The van der Waals surface area contributed by atoms with E-state index in [9.17, 15) is 14.4 Å². The van der Waals surface area contributed by atoms with Crippen LogP contribution in [0.25, 0.3) is 11.4 Å². The molecule has 0 radical (unpaired) electrons. The SMILES string of the molecule is CCC(OC(=O)c1ccc(-c2nc(C)c(C)[nH]2)cc1)C(=O)Nc1ccc(NC(C)=O)cc1. The average Bonchev–Trinajstić information content (AvgIpc) is 3.11. The van der Waals surface area contributed by atoms with Gasteiger partial charge in [0.05, 0.1) is 11.3 Å². The standard InChI is InChI=1S/C24H26N4O4/c1-5-21(23(30)28-20-12-10-19(11-13-20)27-16(4)29)32-24(31)18-8-6-17(7-9-18)22-25-14(2)15(3)26-22/h6-13,21H,5H2,1-4H3,(H,25,26)(H,27,29)(H,28,30). The van der Waals surface area contributed by atoms with Gasteiger partial charge >= 0.3 is 5.97 Å². The first-order valence-corrected chi connectivity index (χ1v) is 10.3. The molecule has 2 amide bonds. The number of carbonyl (C=O) groups is 3. The Morgan fingerprint density at radius 1 is 0.969 bits per heavy atom. The van der Waals surface area contributed by atoms with E-state index in [1.807, 2.05) is 13.8 Å². The van der Waals surface area contributed by atoms with Crippen molar-refractivity contribution in [3.8, 4) is 11.4 Å². The predicted octanol–water partition coefficient (Wildman–Crippen LogP) is 4.23. The number of nitrogens with zero attached hydrogens (tertiary/aromatic N) is 1. The van der Waals surface area contributed by atoms with Crippen LogP contribution in [0.2, 0.25) is 0 Å². The van der Waals surface area contributed by atoms with Crippen molar-refractivity contribution in [3.63, 3.8) is 0 Å². The van der Waals surface area contributed by atoms with Crippen LogP contribution in [0.15, 0.2) is 48.5 Å². The fourth-order valence-electron chi connectivity index (χ4n) is 3.03. The molecule has 0 saturated carbocycles. The number of aromatic amines is 1. The van der Waals surface area contributed by atoms with Gasteiger partial charge in [-0.1, -0.05) is 19.1 Å². The Labute approximate surface area is 186 Å². The number of aromatic nitrogens is 2. The van der Waals surface area contributed by atoms with Gasteiger partial charge in [0.25, 0.3) is 5.91 Å². The summed E-state index contributed by atoms with van der Waals surface area (Å²) >= 11 is 0. The molecule has 0 bridgehead atoms. The molecule has 1 atom stereocenters. The molecule has 1 heterocycles. The number of esters is 1. The summed E-state index contributed by atoms with van der Waals surface area (Å²) in [5, 5.41) is 5.38. The molecule has 0 aliphatic heterocycles. The molecule has 8 heteroatoms. The van der Waals surface area contributed by atoms with Crippen molar-refractivity contribution in [3.05, 3.63) is 65.5 Å². The van der Waals surface area contributed by atoms with Crippen LogP contribution < -0.4 is 10.6 Å². The van der Waals surface area contributed by atoms with E-state index < -0.39 is 18.0 Å². The van der Waals surface area contributed by atoms with Crippen LogP contribution >= 0.6 is 0 Å². The number of carbonyl (C=O) groups excluding carboxylic acids is 3. The lowest BCUT2D eigenvalue weighted by atomic mass is 10.1. The number of nitrogens with one attached hydrogen (secondary N) is 3. The third-order valence-electron chi connectivity index (χ3n) is 4.91. The lowest BCUT2D eigenvalue weighted by molar-refractivity contribution is -0.124. The first kappa shape index (κ1) is 22.7. The summed E-state index contributed by atoms with van der Waals surface area (Å²) in [5.41, 5.74) is 4.27. The van der Waals surface area contributed by atoms with Crippen molar-refractivity contribution in [1.82, 2.24) is 9.97 Å². The van der Waals surface area contributed by atoms with Gasteiger partial charge in [-0.15, -0.1) is 0 Å². The second-order valence-corrected chi connectivity index (χ2v) is 7.42. The Morgan fingerprint density at radius 2 is 1.56 bits per heavy atom. The zero-order chi connectivity index (χ0) is 23.3. The number of hydrogen-bond acceptors (Lipinski definition) is 5. The van der Waals surface area contributed by atoms with E-state index in [-0.39, 0.29) is 5.91 Å². The highest BCUT2D eigenvalue weighted by molar-refractivity contribution is 5.98. The first-order valence-electron chi connectivity index (χ1n) is 10.3. The predicted molar refractivity (Wildman–Crippen MR) is 122 cm³/mol. The van der Waals surface area contributed by atoms with Crippen LogP contribution in [0.3, 0.4) is 0 Å². The molecule has 8 nitrogen and oxygen atoms in total. The van der Waals surface area contributed by atoms with Gasteiger partial charge < -0.3 is 20.4 Å². The molecule has 0 fully saturated rings. The van der Waals surface area contributed by atoms with Gasteiger partial charge in [0, 0.05) is 29.6 Å². The summed E-state index contributed by atoms with van der Waals surface area (Å²) < 4.78 is 5.43. The second kappa shape index (κ2) is 9.91. The number of anilines is 2. The number of aryl methyl sites for hydroxylation is 2. The van der Waals surface area contributed by atoms with E-state index in [2.05, 4.69) is 20.6 Å². The molecule has 0 saturated heterocycles. The summed E-state index contributed by atoms with van der Waals surface area (Å²) in [4.78, 5) is 43.9. The molecule has 2 aromatic carbocycles. The number of ether oxygens (including phenoxy) is 1. The highest BCUT2D eigenvalue weighted by Gasteiger charge is 2.22. The first-order chi connectivity index (χ1) is 15.3. The molecule has 32 heavy (non-hydrogen) atoms. The van der Waals surface area contributed by atoms with E-state index in [4.69, 9.17) is 4.74 Å². The number of imidazole rings is 1. The average molecular weight is 434 g/mol. The maximum absolute atomic E-state index is 12.6. The number of rotatable bonds is 7. The molecule has 1 aromatic heterocycles. The monoisotopic (exact) mass is 434 g/mol. The maximum atomic E-state index is 12.6. The Balaban J connectivity index is 1.62. The molecule has 1 unspecified atom stereocenters. The van der Waals surface area contributed by atoms with Crippen LogP contribution in [0, 0.1) is 13.8 Å². The number of amides is 2. The quantitative estimate of drug-likeness (QED) is 0.482. The van der Waals surface area contributed by atoms with Crippen molar-refractivity contribution in [2.75, 3.05) is 10.6 Å². The Morgan fingerprint density at radius 3 is 2.06 bits per heavy atom. The van der Waals surface area contributed by atoms with E-state index in [0.29, 0.717) is 23.4 Å². The Bertz CT molecular complexity index is 1100. The summed E-state index contributed by atoms with van der Waals surface area (Å²) in [6, 6.07) is 13.5. The Kier molecular flexibility index (Phi) is 7.04. The highest BCUT2D eigenvalue weighted by Crippen LogP contribution is 2.20. The lowest BCUT2D eigenvalue weighted by Gasteiger charge is -2.16. The second-order valence-electron chi connectivity index (χ2n) is 7.42. The number of hydrogen-bond donors (Lipinski definition) is 3. The molecule has 166 valence electrons. The minimum absolute atomic E-state index is 0.179. The molecular formula is C24H26N4O4. The smallest absolute Gasteiger partial charge is 0.338 e. The van der Waals surface area contributed by atoms with E-state index in [1.54, 1.807) is 55.5 Å². The maximum Gasteiger partial charge on any atom is 0.338 e. The van der Waals surface area contributed by atoms with Gasteiger partial charge in [-0.05, 0) is 56.7 Å². The third kappa shape index (κ3) is 5.60. The summed E-state index contributed by atoms with van der Waals surface area (Å²) in [6.07, 6.45) is -0.613. The topological polar surface area (TPSA) is 113 Å². The minimum atomic E-state index is -0.937. The normalized spacial score (nSPS) is 11.5. The van der Waals surface area contributed by atoms with Crippen LogP contribution in [0.5, 0.6) is 0 Å². The van der Waals surface area contributed by atoms with Gasteiger partial charge in [0.1, 0.15) is 5.82 Å². The third-order valence-corrected chi connectivity index (χ3v) is 4.91. The van der Waals surface area contributed by atoms with Gasteiger partial charge in [-0.3, -0.25) is 9.59 Å². The molecule has 0 spiro atoms. The summed E-state index contributed by atoms with van der Waals surface area (Å²) in [5.74, 6) is -0.449. The molecule has 3 N–H and O–H groups in total. The van der Waals surface area contributed by atoms with Crippen molar-refractivity contribution in [2.45, 2.75) is 40.2 Å². The molecule has 3 rings (SSSR count). The molecular weight excluding hydrogens is 408 g/mol. The zero-order valence-electron chi connectivity index (χ0n) is 18.5. The van der Waals surface area contributed by atoms with Crippen LogP contribution in [-0.4, -0.2) is 33.9 Å².